The molecule has 0 spiro atoms. The van der Waals surface area contributed by atoms with Crippen LogP contribution in [0.4, 0.5) is 0 Å². The van der Waals surface area contributed by atoms with Crippen LogP contribution in [-0.4, -0.2) is 44.3 Å². The molecule has 0 aromatic rings. The number of ether oxygens (including phenoxy) is 1. The first-order valence-corrected chi connectivity index (χ1v) is 6.50. The van der Waals surface area contributed by atoms with E-state index < -0.39 is 15.3 Å². The summed E-state index contributed by atoms with van der Waals surface area (Å²) in [5.41, 5.74) is 0. The van der Waals surface area contributed by atoms with Crippen molar-refractivity contribution in [3.63, 3.8) is 0 Å². The van der Waals surface area contributed by atoms with Gasteiger partial charge in [-0.05, 0) is 12.8 Å². The maximum atomic E-state index is 12.1. The molecule has 1 heterocycles. The van der Waals surface area contributed by atoms with Crippen molar-refractivity contribution in [2.24, 2.45) is 0 Å². The van der Waals surface area contributed by atoms with Crippen molar-refractivity contribution >= 4 is 10.0 Å². The second-order valence-corrected chi connectivity index (χ2v) is 5.73. The standard InChI is InChI=1S/C10H14N2O3S/c1-2-6-12(7-5-11)16(13,14)10-4-3-8-15-9-10/h1,10H,3-4,6-9H2/t10-/m1/s1. The van der Waals surface area contributed by atoms with Gasteiger partial charge < -0.3 is 4.74 Å². The summed E-state index contributed by atoms with van der Waals surface area (Å²) in [6, 6.07) is 1.81. The average Bonchev–Trinajstić information content (AvgIpc) is 2.30. The molecule has 0 aliphatic carbocycles. The fourth-order valence-electron chi connectivity index (χ4n) is 1.57. The van der Waals surface area contributed by atoms with Crippen LogP contribution in [0.1, 0.15) is 12.8 Å². The van der Waals surface area contributed by atoms with Gasteiger partial charge in [0.1, 0.15) is 6.54 Å². The van der Waals surface area contributed by atoms with E-state index in [0.717, 1.165) is 10.7 Å². The number of sulfonamides is 1. The number of rotatable bonds is 4. The third-order valence-corrected chi connectivity index (χ3v) is 4.61. The molecule has 0 radical (unpaired) electrons. The lowest BCUT2D eigenvalue weighted by molar-refractivity contribution is 0.0977. The summed E-state index contributed by atoms with van der Waals surface area (Å²) >= 11 is 0. The molecule has 6 heteroatoms. The Morgan fingerprint density at radius 1 is 1.50 bits per heavy atom. The number of hydrogen-bond donors (Lipinski definition) is 0. The molecule has 1 saturated heterocycles. The summed E-state index contributed by atoms with van der Waals surface area (Å²) in [7, 11) is -3.51. The minimum atomic E-state index is -3.51. The quantitative estimate of drug-likeness (QED) is 0.512. The van der Waals surface area contributed by atoms with E-state index in [1.54, 1.807) is 0 Å². The zero-order chi connectivity index (χ0) is 12.0. The van der Waals surface area contributed by atoms with Gasteiger partial charge in [0.25, 0.3) is 0 Å². The molecule has 0 unspecified atom stereocenters. The van der Waals surface area contributed by atoms with Gasteiger partial charge in [-0.15, -0.1) is 6.42 Å². The van der Waals surface area contributed by atoms with Crippen LogP contribution in [0.3, 0.4) is 0 Å². The minimum absolute atomic E-state index is 0.0631. The van der Waals surface area contributed by atoms with Gasteiger partial charge >= 0.3 is 0 Å². The fraction of sp³-hybridized carbons (Fsp3) is 0.700. The minimum Gasteiger partial charge on any atom is -0.380 e. The first-order chi connectivity index (χ1) is 7.62. The molecule has 16 heavy (non-hydrogen) atoms. The second-order valence-electron chi connectivity index (χ2n) is 3.51. The van der Waals surface area contributed by atoms with E-state index in [2.05, 4.69) is 5.92 Å². The van der Waals surface area contributed by atoms with Crippen LogP contribution in [0.2, 0.25) is 0 Å². The molecule has 0 saturated carbocycles. The predicted octanol–water partition coefficient (Wildman–Crippen LogP) is -0.0460. The number of nitriles is 1. The lowest BCUT2D eigenvalue weighted by Gasteiger charge is -2.27. The first kappa shape index (κ1) is 13.0. The summed E-state index contributed by atoms with van der Waals surface area (Å²) in [5.74, 6) is 2.25. The molecule has 0 N–H and O–H groups in total. The Balaban J connectivity index is 2.80. The lowest BCUT2D eigenvalue weighted by Crippen LogP contribution is -2.43. The van der Waals surface area contributed by atoms with Crippen LogP contribution in [0.5, 0.6) is 0 Å². The Labute approximate surface area is 96.0 Å². The maximum Gasteiger partial charge on any atom is 0.221 e. The highest BCUT2D eigenvalue weighted by molar-refractivity contribution is 7.89. The summed E-state index contributed by atoms with van der Waals surface area (Å²) in [5, 5.41) is 8.00. The van der Waals surface area contributed by atoms with Gasteiger partial charge in [0.05, 0.1) is 24.5 Å². The summed E-state index contributed by atoms with van der Waals surface area (Å²) in [4.78, 5) is 0. The summed E-state index contributed by atoms with van der Waals surface area (Å²) in [6.45, 7) is 0.518. The van der Waals surface area contributed by atoms with Crippen LogP contribution in [-0.2, 0) is 14.8 Å². The van der Waals surface area contributed by atoms with Gasteiger partial charge in [0.15, 0.2) is 0 Å². The number of nitrogens with zero attached hydrogens (tertiary/aromatic N) is 2. The molecular formula is C10H14N2O3S. The molecule has 1 aliphatic rings. The van der Waals surface area contributed by atoms with Crippen molar-refractivity contribution in [1.29, 1.82) is 5.26 Å². The Morgan fingerprint density at radius 2 is 2.25 bits per heavy atom. The van der Waals surface area contributed by atoms with Crippen molar-refractivity contribution in [3.8, 4) is 18.4 Å². The van der Waals surface area contributed by atoms with Crippen molar-refractivity contribution < 1.29 is 13.2 Å². The van der Waals surface area contributed by atoms with Gasteiger partial charge in [-0.1, -0.05) is 5.92 Å². The van der Waals surface area contributed by atoms with Gasteiger partial charge in [-0.2, -0.15) is 9.57 Å². The number of terminal acetylenes is 1. The second kappa shape index (κ2) is 5.86. The SMILES string of the molecule is C#CCN(CC#N)S(=O)(=O)[C@@H]1CCCOC1. The van der Waals surface area contributed by atoms with Crippen LogP contribution >= 0.6 is 0 Å². The fourth-order valence-corrected chi connectivity index (χ4v) is 3.22. The molecule has 88 valence electrons. The van der Waals surface area contributed by atoms with E-state index in [1.807, 2.05) is 6.07 Å². The molecule has 0 amide bonds. The average molecular weight is 242 g/mol. The van der Waals surface area contributed by atoms with E-state index in [1.165, 1.54) is 0 Å². The lowest BCUT2D eigenvalue weighted by atomic mass is 10.2. The van der Waals surface area contributed by atoms with E-state index in [4.69, 9.17) is 16.4 Å². The molecule has 1 aliphatic heterocycles. The Bertz CT molecular complexity index is 383. The Morgan fingerprint density at radius 3 is 2.75 bits per heavy atom. The van der Waals surface area contributed by atoms with Gasteiger partial charge in [-0.25, -0.2) is 8.42 Å². The van der Waals surface area contributed by atoms with Crippen molar-refractivity contribution in [2.45, 2.75) is 18.1 Å². The van der Waals surface area contributed by atoms with E-state index in [-0.39, 0.29) is 19.7 Å². The largest absolute Gasteiger partial charge is 0.380 e. The predicted molar refractivity (Wildman–Crippen MR) is 58.8 cm³/mol. The van der Waals surface area contributed by atoms with Crippen LogP contribution in [0, 0.1) is 23.7 Å². The van der Waals surface area contributed by atoms with Gasteiger partial charge in [0, 0.05) is 6.61 Å². The summed E-state index contributed by atoms with van der Waals surface area (Å²) in [6.07, 6.45) is 6.38. The summed E-state index contributed by atoms with van der Waals surface area (Å²) < 4.78 is 30.3. The molecular weight excluding hydrogens is 228 g/mol. The highest BCUT2D eigenvalue weighted by atomic mass is 32.2. The van der Waals surface area contributed by atoms with Crippen molar-refractivity contribution in [3.05, 3.63) is 0 Å². The van der Waals surface area contributed by atoms with E-state index >= 15 is 0 Å². The molecule has 0 aromatic heterocycles. The van der Waals surface area contributed by atoms with Crippen LogP contribution in [0.15, 0.2) is 0 Å². The molecule has 0 bridgehead atoms. The highest BCUT2D eigenvalue weighted by Gasteiger charge is 2.33. The molecule has 0 aromatic carbocycles. The molecule has 1 fully saturated rings. The van der Waals surface area contributed by atoms with Gasteiger partial charge in [-0.3, -0.25) is 0 Å². The van der Waals surface area contributed by atoms with E-state index in [9.17, 15) is 8.42 Å². The van der Waals surface area contributed by atoms with Crippen LogP contribution < -0.4 is 0 Å². The highest BCUT2D eigenvalue weighted by Crippen LogP contribution is 2.18. The third kappa shape index (κ3) is 2.96. The Hall–Kier alpha value is -1.08. The maximum absolute atomic E-state index is 12.1. The number of hydrogen-bond acceptors (Lipinski definition) is 4. The van der Waals surface area contributed by atoms with E-state index in [0.29, 0.717) is 13.0 Å². The first-order valence-electron chi connectivity index (χ1n) is 5.00. The zero-order valence-corrected chi connectivity index (χ0v) is 9.74. The monoisotopic (exact) mass is 242 g/mol. The van der Waals surface area contributed by atoms with Gasteiger partial charge in [0.2, 0.25) is 10.0 Å². The van der Waals surface area contributed by atoms with Crippen molar-refractivity contribution in [2.75, 3.05) is 26.3 Å². The molecule has 5 nitrogen and oxygen atoms in total. The normalized spacial score (nSPS) is 21.3. The van der Waals surface area contributed by atoms with Crippen LogP contribution in [0.25, 0.3) is 0 Å². The smallest absolute Gasteiger partial charge is 0.221 e. The topological polar surface area (TPSA) is 70.4 Å². The Kier molecular flexibility index (Phi) is 4.75. The molecule has 1 rings (SSSR count). The molecule has 1 atom stereocenters. The third-order valence-electron chi connectivity index (χ3n) is 2.41. The zero-order valence-electron chi connectivity index (χ0n) is 8.92. The van der Waals surface area contributed by atoms with Crippen molar-refractivity contribution in [1.82, 2.24) is 4.31 Å².